The SMILES string of the molecule is CCN(C(C)COC)C(CN)C1CCCCC1. The minimum absolute atomic E-state index is 0.473. The topological polar surface area (TPSA) is 38.5 Å². The van der Waals surface area contributed by atoms with Gasteiger partial charge in [-0.25, -0.2) is 0 Å². The van der Waals surface area contributed by atoms with E-state index in [2.05, 4.69) is 18.7 Å². The maximum absolute atomic E-state index is 6.03. The summed E-state index contributed by atoms with van der Waals surface area (Å²) in [6.07, 6.45) is 6.90. The fourth-order valence-corrected chi connectivity index (χ4v) is 3.33. The van der Waals surface area contributed by atoms with E-state index in [9.17, 15) is 0 Å². The Morgan fingerprint density at radius 3 is 2.41 bits per heavy atom. The fraction of sp³-hybridized carbons (Fsp3) is 1.00. The minimum atomic E-state index is 0.473. The first-order chi connectivity index (χ1) is 8.24. The number of methoxy groups -OCH3 is 1. The number of ether oxygens (including phenoxy) is 1. The van der Waals surface area contributed by atoms with Gasteiger partial charge in [0.15, 0.2) is 0 Å². The van der Waals surface area contributed by atoms with Gasteiger partial charge in [-0.1, -0.05) is 26.2 Å². The average Bonchev–Trinajstić information content (AvgIpc) is 2.37. The summed E-state index contributed by atoms with van der Waals surface area (Å²) in [5.41, 5.74) is 6.03. The van der Waals surface area contributed by atoms with Crippen molar-refractivity contribution >= 4 is 0 Å². The van der Waals surface area contributed by atoms with Gasteiger partial charge < -0.3 is 10.5 Å². The van der Waals surface area contributed by atoms with E-state index in [4.69, 9.17) is 10.5 Å². The number of rotatable bonds is 7. The molecule has 0 heterocycles. The molecule has 1 aliphatic carbocycles. The van der Waals surface area contributed by atoms with E-state index in [1.165, 1.54) is 32.1 Å². The lowest BCUT2D eigenvalue weighted by Gasteiger charge is -2.40. The first kappa shape index (κ1) is 14.9. The van der Waals surface area contributed by atoms with Gasteiger partial charge in [0, 0.05) is 25.7 Å². The van der Waals surface area contributed by atoms with Crippen molar-refractivity contribution in [1.29, 1.82) is 0 Å². The second kappa shape index (κ2) is 8.06. The Hall–Kier alpha value is -0.120. The van der Waals surface area contributed by atoms with E-state index in [1.54, 1.807) is 7.11 Å². The third-order valence-corrected chi connectivity index (χ3v) is 4.20. The van der Waals surface area contributed by atoms with Crippen LogP contribution >= 0.6 is 0 Å². The van der Waals surface area contributed by atoms with E-state index in [1.807, 2.05) is 0 Å². The normalized spacial score (nSPS) is 21.7. The second-order valence-corrected chi connectivity index (χ2v) is 5.34. The molecular weight excluding hydrogens is 212 g/mol. The summed E-state index contributed by atoms with van der Waals surface area (Å²) in [6.45, 7) is 7.14. The summed E-state index contributed by atoms with van der Waals surface area (Å²) < 4.78 is 5.29. The van der Waals surface area contributed by atoms with Crippen LogP contribution in [0.2, 0.25) is 0 Å². The van der Waals surface area contributed by atoms with Crippen LogP contribution in [0.4, 0.5) is 0 Å². The van der Waals surface area contributed by atoms with E-state index < -0.39 is 0 Å². The third-order valence-electron chi connectivity index (χ3n) is 4.20. The molecule has 2 N–H and O–H groups in total. The Bertz CT molecular complexity index is 193. The van der Waals surface area contributed by atoms with Crippen molar-refractivity contribution in [2.24, 2.45) is 11.7 Å². The van der Waals surface area contributed by atoms with Crippen LogP contribution in [0.5, 0.6) is 0 Å². The van der Waals surface area contributed by atoms with Gasteiger partial charge in [-0.15, -0.1) is 0 Å². The second-order valence-electron chi connectivity index (χ2n) is 5.34. The van der Waals surface area contributed by atoms with Crippen molar-refractivity contribution in [3.63, 3.8) is 0 Å². The van der Waals surface area contributed by atoms with Crippen LogP contribution in [0.1, 0.15) is 46.0 Å². The summed E-state index contributed by atoms with van der Waals surface area (Å²) in [7, 11) is 1.78. The van der Waals surface area contributed by atoms with Crippen molar-refractivity contribution in [1.82, 2.24) is 4.90 Å². The predicted molar refractivity (Wildman–Crippen MR) is 73.1 cm³/mol. The zero-order valence-corrected chi connectivity index (χ0v) is 11.8. The van der Waals surface area contributed by atoms with Gasteiger partial charge in [0.2, 0.25) is 0 Å². The van der Waals surface area contributed by atoms with Gasteiger partial charge in [0.05, 0.1) is 6.61 Å². The molecule has 0 aromatic rings. The standard InChI is InChI=1S/C14H30N2O/c1-4-16(12(2)11-17-3)14(10-15)13-8-6-5-7-9-13/h12-14H,4-11,15H2,1-3H3. The molecule has 1 aliphatic rings. The van der Waals surface area contributed by atoms with E-state index >= 15 is 0 Å². The van der Waals surface area contributed by atoms with Gasteiger partial charge in [0.25, 0.3) is 0 Å². The Balaban J connectivity index is 2.60. The van der Waals surface area contributed by atoms with Crippen LogP contribution in [0.15, 0.2) is 0 Å². The van der Waals surface area contributed by atoms with Crippen molar-refractivity contribution in [3.05, 3.63) is 0 Å². The lowest BCUT2D eigenvalue weighted by Crippen LogP contribution is -2.51. The fourth-order valence-electron chi connectivity index (χ4n) is 3.33. The summed E-state index contributed by atoms with van der Waals surface area (Å²) in [4.78, 5) is 2.54. The molecule has 0 aromatic carbocycles. The lowest BCUT2D eigenvalue weighted by molar-refractivity contribution is 0.0453. The van der Waals surface area contributed by atoms with E-state index in [-0.39, 0.29) is 0 Å². The average molecular weight is 242 g/mol. The van der Waals surface area contributed by atoms with E-state index in [0.717, 1.165) is 25.6 Å². The largest absolute Gasteiger partial charge is 0.383 e. The van der Waals surface area contributed by atoms with Gasteiger partial charge in [0.1, 0.15) is 0 Å². The lowest BCUT2D eigenvalue weighted by atomic mass is 9.83. The smallest absolute Gasteiger partial charge is 0.0615 e. The Morgan fingerprint density at radius 1 is 1.29 bits per heavy atom. The van der Waals surface area contributed by atoms with Crippen molar-refractivity contribution in [2.45, 2.75) is 58.0 Å². The predicted octanol–water partition coefficient (Wildman–Crippen LogP) is 2.25. The Labute approximate surface area is 107 Å². The molecule has 0 saturated heterocycles. The summed E-state index contributed by atoms with van der Waals surface area (Å²) in [5.74, 6) is 0.799. The monoisotopic (exact) mass is 242 g/mol. The Kier molecular flexibility index (Phi) is 7.09. The molecule has 0 amide bonds. The van der Waals surface area contributed by atoms with Crippen LogP contribution < -0.4 is 5.73 Å². The van der Waals surface area contributed by atoms with Crippen LogP contribution in [0, 0.1) is 5.92 Å². The highest BCUT2D eigenvalue weighted by Gasteiger charge is 2.29. The first-order valence-corrected chi connectivity index (χ1v) is 7.19. The molecule has 17 heavy (non-hydrogen) atoms. The molecule has 0 spiro atoms. The van der Waals surface area contributed by atoms with Gasteiger partial charge >= 0.3 is 0 Å². The highest BCUT2D eigenvalue weighted by atomic mass is 16.5. The number of hydrogen-bond acceptors (Lipinski definition) is 3. The molecular formula is C14H30N2O. The van der Waals surface area contributed by atoms with Crippen molar-refractivity contribution in [2.75, 3.05) is 26.8 Å². The molecule has 0 bridgehead atoms. The van der Waals surface area contributed by atoms with Gasteiger partial charge in [-0.05, 0) is 32.2 Å². The molecule has 2 unspecified atom stereocenters. The maximum atomic E-state index is 6.03. The van der Waals surface area contributed by atoms with E-state index in [0.29, 0.717) is 12.1 Å². The molecule has 3 heteroatoms. The highest BCUT2D eigenvalue weighted by molar-refractivity contribution is 4.84. The highest BCUT2D eigenvalue weighted by Crippen LogP contribution is 2.29. The van der Waals surface area contributed by atoms with Crippen LogP contribution in [-0.4, -0.2) is 43.8 Å². The van der Waals surface area contributed by atoms with Gasteiger partial charge in [-0.3, -0.25) is 4.90 Å². The van der Waals surface area contributed by atoms with Crippen molar-refractivity contribution < 1.29 is 4.74 Å². The zero-order valence-electron chi connectivity index (χ0n) is 11.8. The number of nitrogens with zero attached hydrogens (tertiary/aromatic N) is 1. The van der Waals surface area contributed by atoms with Gasteiger partial charge in [-0.2, -0.15) is 0 Å². The summed E-state index contributed by atoms with van der Waals surface area (Å²) >= 11 is 0. The molecule has 0 aromatic heterocycles. The molecule has 102 valence electrons. The molecule has 1 rings (SSSR count). The Morgan fingerprint density at radius 2 is 1.94 bits per heavy atom. The summed E-state index contributed by atoms with van der Waals surface area (Å²) in [5, 5.41) is 0. The summed E-state index contributed by atoms with van der Waals surface area (Å²) in [6, 6.07) is 1.02. The number of nitrogens with two attached hydrogens (primary N) is 1. The molecule has 0 radical (unpaired) electrons. The minimum Gasteiger partial charge on any atom is -0.383 e. The number of hydrogen-bond donors (Lipinski definition) is 1. The molecule has 1 fully saturated rings. The molecule has 1 saturated carbocycles. The number of likely N-dealkylation sites (N-methyl/N-ethyl adjacent to an activating group) is 1. The molecule has 3 nitrogen and oxygen atoms in total. The van der Waals surface area contributed by atoms with Crippen LogP contribution in [0.3, 0.4) is 0 Å². The van der Waals surface area contributed by atoms with Crippen molar-refractivity contribution in [3.8, 4) is 0 Å². The quantitative estimate of drug-likeness (QED) is 0.744. The maximum Gasteiger partial charge on any atom is 0.0615 e. The first-order valence-electron chi connectivity index (χ1n) is 7.19. The molecule has 0 aliphatic heterocycles. The van der Waals surface area contributed by atoms with Crippen LogP contribution in [0.25, 0.3) is 0 Å². The molecule has 2 atom stereocenters. The zero-order chi connectivity index (χ0) is 12.7. The third kappa shape index (κ3) is 4.23. The van der Waals surface area contributed by atoms with Crippen LogP contribution in [-0.2, 0) is 4.74 Å².